The molecule has 2 fully saturated rings. The Balaban J connectivity index is 0.772. The second kappa shape index (κ2) is 32.4. The van der Waals surface area contributed by atoms with Crippen molar-refractivity contribution in [1.82, 2.24) is 36.6 Å². The summed E-state index contributed by atoms with van der Waals surface area (Å²) in [6.07, 6.45) is 7.96. The molecule has 1 unspecified atom stereocenters. The van der Waals surface area contributed by atoms with Gasteiger partial charge in [0.15, 0.2) is 17.4 Å². The predicted molar refractivity (Wildman–Crippen MR) is 270 cm³/mol. The molecule has 6 amide bonds. The third-order valence-electron chi connectivity index (χ3n) is 10.9. The first kappa shape index (κ1) is 56.3. The maximum absolute atomic E-state index is 14.9. The van der Waals surface area contributed by atoms with Crippen LogP contribution in [0.25, 0.3) is 0 Å². The summed E-state index contributed by atoms with van der Waals surface area (Å²) in [7, 11) is 0. The van der Waals surface area contributed by atoms with E-state index in [1.165, 1.54) is 18.3 Å². The third-order valence-corrected chi connectivity index (χ3v) is 12.4. The van der Waals surface area contributed by atoms with E-state index in [-0.39, 0.29) is 104 Å². The van der Waals surface area contributed by atoms with Crippen LogP contribution in [0.15, 0.2) is 61.3 Å². The summed E-state index contributed by atoms with van der Waals surface area (Å²) >= 11 is 1.89. The quantitative estimate of drug-likeness (QED) is 0.0225. The van der Waals surface area contributed by atoms with E-state index in [4.69, 9.17) is 23.7 Å². The molecular formula is C49H66FN11O10S. The number of benzene rings is 2. The van der Waals surface area contributed by atoms with Gasteiger partial charge in [-0.25, -0.2) is 14.2 Å². The van der Waals surface area contributed by atoms with Gasteiger partial charge in [0.25, 0.3) is 0 Å². The number of thioether (sulfide) groups is 1. The molecule has 390 valence electrons. The van der Waals surface area contributed by atoms with Crippen molar-refractivity contribution in [3.63, 3.8) is 0 Å². The van der Waals surface area contributed by atoms with Crippen LogP contribution in [0.3, 0.4) is 0 Å². The third kappa shape index (κ3) is 21.4. The zero-order valence-corrected chi connectivity index (χ0v) is 41.2. The molecule has 72 heavy (non-hydrogen) atoms. The van der Waals surface area contributed by atoms with E-state index >= 15 is 0 Å². The summed E-state index contributed by atoms with van der Waals surface area (Å²) in [5.41, 5.74) is 1.56. The summed E-state index contributed by atoms with van der Waals surface area (Å²) in [4.78, 5) is 68.2. The van der Waals surface area contributed by atoms with E-state index in [1.807, 2.05) is 17.8 Å². The number of hydrogen-bond donors (Lipinski definition) is 8. The Kier molecular flexibility index (Phi) is 25.4. The van der Waals surface area contributed by atoms with Crippen LogP contribution in [-0.2, 0) is 38.1 Å². The van der Waals surface area contributed by atoms with Crippen molar-refractivity contribution in [2.75, 3.05) is 101 Å². The fourth-order valence-corrected chi connectivity index (χ4v) is 8.86. The van der Waals surface area contributed by atoms with Gasteiger partial charge < -0.3 is 66.2 Å². The van der Waals surface area contributed by atoms with Crippen LogP contribution in [0.5, 0.6) is 5.75 Å². The maximum Gasteiger partial charge on any atom is 0.315 e. The van der Waals surface area contributed by atoms with Crippen molar-refractivity contribution in [3.8, 4) is 11.8 Å². The Morgan fingerprint density at radius 2 is 1.40 bits per heavy atom. The number of carbonyl (C=O) groups is 5. The molecule has 3 aromatic rings. The smallest absolute Gasteiger partial charge is 0.315 e. The number of nitriles is 1. The Morgan fingerprint density at radius 3 is 2.10 bits per heavy atom. The zero-order chi connectivity index (χ0) is 51.2. The molecule has 8 N–H and O–H groups in total. The molecule has 0 radical (unpaired) electrons. The van der Waals surface area contributed by atoms with E-state index < -0.39 is 5.82 Å². The number of nitrogens with one attached hydrogen (secondary N) is 8. The summed E-state index contributed by atoms with van der Waals surface area (Å²) in [6, 6.07) is 13.4. The van der Waals surface area contributed by atoms with Gasteiger partial charge in [0.1, 0.15) is 18.2 Å². The number of amides is 6. The Labute approximate surface area is 423 Å². The SMILES string of the molecule is C=CC(=O)Nc1cccc(Nc2nc(Nc3ccc(OCCOCCNC(=O)CCCC(=O)NCCCOCCOCCOCCCNC(=O)CCCCC4SC[C@@H]5NC(=O)N[C@H]45)c(F)c3)ncc2C#N)c1. The van der Waals surface area contributed by atoms with Crippen molar-refractivity contribution < 1.29 is 52.0 Å². The monoisotopic (exact) mass is 1020 g/mol. The maximum atomic E-state index is 14.9. The van der Waals surface area contributed by atoms with Crippen molar-refractivity contribution in [2.45, 2.75) is 75.1 Å². The van der Waals surface area contributed by atoms with Gasteiger partial charge in [0, 0.05) is 86.2 Å². The highest BCUT2D eigenvalue weighted by Gasteiger charge is 2.42. The first-order valence-electron chi connectivity index (χ1n) is 24.2. The van der Waals surface area contributed by atoms with Gasteiger partial charge >= 0.3 is 6.03 Å². The number of carbonyl (C=O) groups excluding carboxylic acids is 5. The summed E-state index contributed by atoms with van der Waals surface area (Å²) < 4.78 is 42.5. The van der Waals surface area contributed by atoms with E-state index in [9.17, 15) is 33.6 Å². The first-order chi connectivity index (χ1) is 35.1. The number of nitrogens with zero attached hydrogens (tertiary/aromatic N) is 3. The lowest BCUT2D eigenvalue weighted by Gasteiger charge is -2.16. The molecular weight excluding hydrogens is 954 g/mol. The fourth-order valence-electron chi connectivity index (χ4n) is 7.32. The molecule has 1 aromatic heterocycles. The van der Waals surface area contributed by atoms with Gasteiger partial charge in [-0.2, -0.15) is 22.0 Å². The highest BCUT2D eigenvalue weighted by Crippen LogP contribution is 2.33. The molecule has 21 nitrogen and oxygen atoms in total. The number of halogens is 1. The van der Waals surface area contributed by atoms with Crippen molar-refractivity contribution >= 4 is 70.3 Å². The first-order valence-corrected chi connectivity index (χ1v) is 25.2. The van der Waals surface area contributed by atoms with E-state index in [2.05, 4.69) is 59.1 Å². The highest BCUT2D eigenvalue weighted by atomic mass is 32.2. The Morgan fingerprint density at radius 1 is 0.764 bits per heavy atom. The molecule has 0 spiro atoms. The average molecular weight is 1020 g/mol. The minimum atomic E-state index is -0.637. The molecule has 0 saturated carbocycles. The molecule has 2 saturated heterocycles. The zero-order valence-electron chi connectivity index (χ0n) is 40.4. The average Bonchev–Trinajstić information content (AvgIpc) is 3.93. The summed E-state index contributed by atoms with van der Waals surface area (Å²) in [6.45, 7) is 7.93. The van der Waals surface area contributed by atoms with E-state index in [0.717, 1.165) is 37.5 Å². The molecule has 23 heteroatoms. The van der Waals surface area contributed by atoms with E-state index in [0.29, 0.717) is 94.3 Å². The van der Waals surface area contributed by atoms with Gasteiger partial charge in [0.2, 0.25) is 29.6 Å². The molecule has 2 aliphatic heterocycles. The standard InChI is InChI=1S/C49H66FN11O10S/c1-2-42(62)56-35-9-5-10-36(29-35)57-47-34(31-51)32-55-48(61-47)58-37-15-16-40(38(50)30-37)71-28-27-69-22-19-54-45(65)14-6-13-44(64)53-18-8-21-68-24-26-70-25-23-67-20-7-17-52-43(63)12-4-3-11-41-46-39(33-72-41)59-49(66)60-46/h2,5,9-10,15-16,29-30,32,39,41,46H,1,3-4,6-8,11-14,17-28,33H2,(H,52,63)(H,53,64)(H,54,65)(H,56,62)(H2,59,60,66)(H2,55,57,58,61)/t39-,41?,46-/m0/s1. The Hall–Kier alpha value is -6.58. The van der Waals surface area contributed by atoms with Gasteiger partial charge in [-0.15, -0.1) is 0 Å². The lowest BCUT2D eigenvalue weighted by molar-refractivity contribution is -0.123. The van der Waals surface area contributed by atoms with Gasteiger partial charge in [0.05, 0.1) is 57.9 Å². The van der Waals surface area contributed by atoms with Crippen molar-refractivity contribution in [1.29, 1.82) is 5.26 Å². The molecule has 5 rings (SSSR count). The highest BCUT2D eigenvalue weighted by molar-refractivity contribution is 8.00. The minimum Gasteiger partial charge on any atom is -0.488 e. The second-order valence-electron chi connectivity index (χ2n) is 16.5. The molecule has 0 bridgehead atoms. The number of ether oxygens (including phenoxy) is 5. The van der Waals surface area contributed by atoms with Gasteiger partial charge in [-0.1, -0.05) is 19.1 Å². The van der Waals surface area contributed by atoms with E-state index in [1.54, 1.807) is 30.3 Å². The number of aromatic nitrogens is 2. The van der Waals surface area contributed by atoms with Gasteiger partial charge in [-0.3, -0.25) is 19.2 Å². The van der Waals surface area contributed by atoms with Crippen molar-refractivity contribution in [3.05, 3.63) is 72.7 Å². The predicted octanol–water partition coefficient (Wildman–Crippen LogP) is 4.57. The Bertz CT molecular complexity index is 2270. The van der Waals surface area contributed by atoms with Crippen LogP contribution in [0.1, 0.15) is 63.4 Å². The lowest BCUT2D eigenvalue weighted by Crippen LogP contribution is -2.36. The van der Waals surface area contributed by atoms with Crippen LogP contribution in [0.2, 0.25) is 0 Å². The summed E-state index contributed by atoms with van der Waals surface area (Å²) in [5.74, 6) is -0.0462. The normalized spacial score (nSPS) is 15.6. The minimum absolute atomic E-state index is 0.00552. The molecule has 2 aromatic carbocycles. The molecule has 0 aliphatic carbocycles. The van der Waals surface area contributed by atoms with Gasteiger partial charge in [-0.05, 0) is 68.5 Å². The largest absolute Gasteiger partial charge is 0.488 e. The second-order valence-corrected chi connectivity index (χ2v) is 17.8. The number of fused-ring (bicyclic) bond motifs is 1. The number of anilines is 5. The number of unbranched alkanes of at least 4 members (excludes halogenated alkanes) is 1. The van der Waals surface area contributed by atoms with Crippen LogP contribution >= 0.6 is 11.8 Å². The van der Waals surface area contributed by atoms with Crippen LogP contribution in [-0.4, -0.2) is 142 Å². The van der Waals surface area contributed by atoms with Crippen molar-refractivity contribution in [2.24, 2.45) is 0 Å². The number of urea groups is 1. The molecule has 3 heterocycles. The van der Waals surface area contributed by atoms with Crippen LogP contribution < -0.4 is 47.3 Å². The number of hydrogen-bond acceptors (Lipinski definition) is 16. The fraction of sp³-hybridized carbons (Fsp3) is 0.510. The lowest BCUT2D eigenvalue weighted by atomic mass is 10.0. The molecule has 3 atom stereocenters. The topological polar surface area (TPSA) is 277 Å². The van der Waals surface area contributed by atoms with Crippen LogP contribution in [0.4, 0.5) is 38.0 Å². The molecule has 2 aliphatic rings. The number of rotatable bonds is 36. The summed E-state index contributed by atoms with van der Waals surface area (Å²) in [5, 5.41) is 33.1. The van der Waals surface area contributed by atoms with Crippen LogP contribution in [0, 0.1) is 17.1 Å².